The number of carboxylic acid groups (broad SMARTS) is 2. The summed E-state index contributed by atoms with van der Waals surface area (Å²) in [5, 5.41) is 20.0. The van der Waals surface area contributed by atoms with E-state index in [0.29, 0.717) is 12.8 Å². The van der Waals surface area contributed by atoms with E-state index in [2.05, 4.69) is 13.2 Å². The molecule has 0 aromatic carbocycles. The fraction of sp³-hybridized carbons (Fsp3) is 0.571. The second-order valence-electron chi connectivity index (χ2n) is 3.99. The number of aliphatic carboxylic acids is 2. The van der Waals surface area contributed by atoms with E-state index < -0.39 is 11.9 Å². The van der Waals surface area contributed by atoms with Gasteiger partial charge in [-0.25, -0.2) is 0 Å². The van der Waals surface area contributed by atoms with Crippen LogP contribution in [-0.4, -0.2) is 49.7 Å². The molecule has 0 aliphatic rings. The number of carbonyl (C=O) groups is 2. The van der Waals surface area contributed by atoms with Crippen LogP contribution in [0.15, 0.2) is 24.3 Å². The Morgan fingerprint density at radius 1 is 0.842 bits per heavy atom. The van der Waals surface area contributed by atoms with Crippen molar-refractivity contribution in [1.82, 2.24) is 0 Å². The zero-order valence-corrected chi connectivity index (χ0v) is 14.2. The summed E-state index contributed by atoms with van der Waals surface area (Å²) in [6.45, 7) is 10.7. The molecule has 0 aliphatic heterocycles. The van der Waals surface area contributed by atoms with Crippen LogP contribution in [0.4, 0.5) is 0 Å². The number of carboxylic acids is 2. The summed E-state index contributed by atoms with van der Waals surface area (Å²) in [7, 11) is 0. The van der Waals surface area contributed by atoms with E-state index in [1.165, 1.54) is 0 Å². The van der Waals surface area contributed by atoms with Crippen LogP contribution in [0.3, 0.4) is 0 Å². The van der Waals surface area contributed by atoms with Crippen LogP contribution in [0.2, 0.25) is 0 Å². The van der Waals surface area contributed by atoms with Crippen LogP contribution in [0.5, 0.6) is 0 Å². The Morgan fingerprint density at radius 3 is 1.26 bits per heavy atom. The third-order valence-corrected chi connectivity index (χ3v) is 2.24. The van der Waals surface area contributed by atoms with Crippen molar-refractivity contribution in [3.63, 3.8) is 0 Å². The maximum absolute atomic E-state index is 9.99. The van der Waals surface area contributed by atoms with E-state index in [1.807, 2.05) is 13.8 Å². The van der Waals surface area contributed by atoms with Crippen LogP contribution in [0.25, 0.3) is 0 Å². The largest absolute Gasteiger partial charge is 2.00 e. The molecule has 5 heteroatoms. The Balaban J connectivity index is -0.000000256. The predicted octanol–water partition coefficient (Wildman–Crippen LogP) is 0.585. The Morgan fingerprint density at radius 2 is 1.11 bits per heavy atom. The van der Waals surface area contributed by atoms with Crippen LogP contribution in [-0.2, 0) is 9.59 Å². The first-order valence-corrected chi connectivity index (χ1v) is 6.14. The zero-order chi connectivity index (χ0) is 14.6. The standard InChI is InChI=1S/2C7H12O2.Ca/c2*1-3-4-5-6(2)7(8)9;/h2*2-5H2,1H3,(H,8,9);/q;;+2/p-2. The monoisotopic (exact) mass is 294 g/mol. The van der Waals surface area contributed by atoms with Crippen molar-refractivity contribution in [1.29, 1.82) is 0 Å². The summed E-state index contributed by atoms with van der Waals surface area (Å²) < 4.78 is 0. The molecule has 0 amide bonds. The van der Waals surface area contributed by atoms with Crippen molar-refractivity contribution in [2.24, 2.45) is 0 Å². The van der Waals surface area contributed by atoms with Gasteiger partial charge in [0.25, 0.3) is 0 Å². The van der Waals surface area contributed by atoms with E-state index in [1.54, 1.807) is 0 Å². The number of rotatable bonds is 8. The molecule has 0 rings (SSSR count). The molecule has 0 aromatic heterocycles. The van der Waals surface area contributed by atoms with Gasteiger partial charge in [0.1, 0.15) is 0 Å². The molecule has 0 saturated heterocycles. The number of carbonyl (C=O) groups excluding carboxylic acids is 2. The minimum Gasteiger partial charge on any atom is -0.545 e. The number of unbranched alkanes of at least 4 members (excludes halogenated alkanes) is 2. The molecular weight excluding hydrogens is 272 g/mol. The average molecular weight is 294 g/mol. The average Bonchev–Trinajstić information content (AvgIpc) is 2.33. The summed E-state index contributed by atoms with van der Waals surface area (Å²) in [6.07, 6.45) is 4.86. The SMILES string of the molecule is C=C(CCCC)C(=O)[O-].C=C(CCCC)C(=O)[O-].[Ca+2]. The van der Waals surface area contributed by atoms with E-state index >= 15 is 0 Å². The second kappa shape index (κ2) is 15.7. The summed E-state index contributed by atoms with van der Waals surface area (Å²) in [6, 6.07) is 0. The van der Waals surface area contributed by atoms with Crippen LogP contribution >= 0.6 is 0 Å². The molecule has 4 nitrogen and oxygen atoms in total. The van der Waals surface area contributed by atoms with Crippen molar-refractivity contribution >= 4 is 49.7 Å². The topological polar surface area (TPSA) is 80.3 Å². The van der Waals surface area contributed by atoms with E-state index in [9.17, 15) is 19.8 Å². The Labute approximate surface area is 145 Å². The van der Waals surface area contributed by atoms with Crippen LogP contribution < -0.4 is 10.2 Å². The van der Waals surface area contributed by atoms with Crippen molar-refractivity contribution in [3.8, 4) is 0 Å². The molecule has 0 aliphatic carbocycles. The third-order valence-electron chi connectivity index (χ3n) is 2.24. The van der Waals surface area contributed by atoms with Gasteiger partial charge in [-0.3, -0.25) is 0 Å². The molecule has 0 spiro atoms. The molecule has 0 bridgehead atoms. The van der Waals surface area contributed by atoms with Crippen molar-refractivity contribution < 1.29 is 19.8 Å². The molecule has 0 aromatic rings. The van der Waals surface area contributed by atoms with Gasteiger partial charge in [-0.2, -0.15) is 0 Å². The predicted molar refractivity (Wildman–Crippen MR) is 73.1 cm³/mol. The Kier molecular flexibility index (Phi) is 19.7. The summed E-state index contributed by atoms with van der Waals surface area (Å²) in [4.78, 5) is 20.0. The minimum atomic E-state index is -1.12. The summed E-state index contributed by atoms with van der Waals surface area (Å²) >= 11 is 0. The number of hydrogen-bond acceptors (Lipinski definition) is 4. The Bertz CT molecular complexity index is 268. The molecule has 0 unspecified atom stereocenters. The van der Waals surface area contributed by atoms with Gasteiger partial charge in [-0.05, 0) is 36.8 Å². The molecule has 0 N–H and O–H groups in total. The molecule has 0 saturated carbocycles. The number of hydrogen-bond donors (Lipinski definition) is 0. The fourth-order valence-electron chi connectivity index (χ4n) is 0.984. The molecule has 0 radical (unpaired) electrons. The summed E-state index contributed by atoms with van der Waals surface area (Å²) in [5.74, 6) is -2.24. The first-order chi connectivity index (χ1) is 8.36. The maximum Gasteiger partial charge on any atom is 2.00 e. The van der Waals surface area contributed by atoms with Gasteiger partial charge in [0, 0.05) is 0 Å². The van der Waals surface area contributed by atoms with Gasteiger partial charge < -0.3 is 19.8 Å². The maximum atomic E-state index is 9.99. The first-order valence-electron chi connectivity index (χ1n) is 6.14. The first kappa shape index (κ1) is 23.7. The van der Waals surface area contributed by atoms with E-state index in [0.717, 1.165) is 25.7 Å². The van der Waals surface area contributed by atoms with Crippen LogP contribution in [0, 0.1) is 0 Å². The smallest absolute Gasteiger partial charge is 0.545 e. The van der Waals surface area contributed by atoms with Gasteiger partial charge in [0.2, 0.25) is 0 Å². The molecule has 0 heterocycles. The molecular formula is C14H22CaO4. The Hall–Kier alpha value is -0.320. The van der Waals surface area contributed by atoms with Gasteiger partial charge in [-0.1, -0.05) is 39.8 Å². The quantitative estimate of drug-likeness (QED) is 0.484. The fourth-order valence-corrected chi connectivity index (χ4v) is 0.984. The van der Waals surface area contributed by atoms with Gasteiger partial charge in [0.15, 0.2) is 0 Å². The molecule has 19 heavy (non-hydrogen) atoms. The summed E-state index contributed by atoms with van der Waals surface area (Å²) in [5.41, 5.74) is 0.411. The van der Waals surface area contributed by atoms with Crippen molar-refractivity contribution in [2.75, 3.05) is 0 Å². The van der Waals surface area contributed by atoms with Crippen LogP contribution in [0.1, 0.15) is 52.4 Å². The van der Waals surface area contributed by atoms with E-state index in [4.69, 9.17) is 0 Å². The van der Waals surface area contributed by atoms with Gasteiger partial charge in [0.05, 0.1) is 11.9 Å². The normalized spacial score (nSPS) is 8.53. The van der Waals surface area contributed by atoms with Crippen molar-refractivity contribution in [2.45, 2.75) is 52.4 Å². The minimum absolute atomic E-state index is 0. The van der Waals surface area contributed by atoms with Gasteiger partial charge >= 0.3 is 37.7 Å². The van der Waals surface area contributed by atoms with E-state index in [-0.39, 0.29) is 48.9 Å². The molecule has 0 atom stereocenters. The second-order valence-corrected chi connectivity index (χ2v) is 3.99. The van der Waals surface area contributed by atoms with Gasteiger partial charge in [-0.15, -0.1) is 0 Å². The molecule has 0 fully saturated rings. The third kappa shape index (κ3) is 17.7. The van der Waals surface area contributed by atoms with Crippen molar-refractivity contribution in [3.05, 3.63) is 24.3 Å². The zero-order valence-electron chi connectivity index (χ0n) is 12.0. The molecule has 104 valence electrons.